The Morgan fingerprint density at radius 3 is 2.79 bits per heavy atom. The van der Waals surface area contributed by atoms with Gasteiger partial charge in [-0.3, -0.25) is 9.71 Å². The number of sulfonamides is 1. The molecule has 0 amide bonds. The van der Waals surface area contributed by atoms with Gasteiger partial charge in [0.15, 0.2) is 0 Å². The number of rotatable bonds is 4. The third-order valence-corrected chi connectivity index (χ3v) is 5.16. The van der Waals surface area contributed by atoms with Crippen molar-refractivity contribution < 1.29 is 18.3 Å². The molecular weight excluding hydrogens is 288 g/mol. The van der Waals surface area contributed by atoms with Crippen LogP contribution in [0.4, 0.5) is 5.69 Å². The smallest absolute Gasteiger partial charge is 0.336 e. The predicted molar refractivity (Wildman–Crippen MR) is 71.1 cm³/mol. The SMILES string of the molecule is Cc1cnccc1NS(=O)(=O)c1cc(C(=O)O)cs1. The summed E-state index contributed by atoms with van der Waals surface area (Å²) >= 11 is 0.863. The van der Waals surface area contributed by atoms with E-state index in [2.05, 4.69) is 9.71 Å². The molecule has 2 aromatic rings. The number of carbonyl (C=O) groups is 1. The van der Waals surface area contributed by atoms with Gasteiger partial charge in [-0.15, -0.1) is 11.3 Å². The molecule has 19 heavy (non-hydrogen) atoms. The molecule has 0 fully saturated rings. The highest BCUT2D eigenvalue weighted by molar-refractivity contribution is 7.94. The monoisotopic (exact) mass is 298 g/mol. The summed E-state index contributed by atoms with van der Waals surface area (Å²) in [5.41, 5.74) is 1.05. The van der Waals surface area contributed by atoms with Gasteiger partial charge in [-0.05, 0) is 24.6 Å². The Morgan fingerprint density at radius 2 is 2.21 bits per heavy atom. The highest BCUT2D eigenvalue weighted by Crippen LogP contribution is 2.24. The van der Waals surface area contributed by atoms with Crippen LogP contribution in [-0.4, -0.2) is 24.5 Å². The van der Waals surface area contributed by atoms with Crippen LogP contribution in [0.2, 0.25) is 0 Å². The Kier molecular flexibility index (Phi) is 3.54. The van der Waals surface area contributed by atoms with Gasteiger partial charge < -0.3 is 5.11 Å². The van der Waals surface area contributed by atoms with Crippen LogP contribution in [0, 0.1) is 6.92 Å². The van der Waals surface area contributed by atoms with Crippen LogP contribution in [0.5, 0.6) is 0 Å². The molecule has 2 rings (SSSR count). The summed E-state index contributed by atoms with van der Waals surface area (Å²) in [4.78, 5) is 14.6. The van der Waals surface area contributed by atoms with Gasteiger partial charge >= 0.3 is 5.97 Å². The Bertz CT molecular complexity index is 722. The van der Waals surface area contributed by atoms with Gasteiger partial charge in [-0.1, -0.05) is 0 Å². The number of aryl methyl sites for hydroxylation is 1. The molecule has 0 aliphatic carbocycles. The van der Waals surface area contributed by atoms with Crippen molar-refractivity contribution in [1.29, 1.82) is 0 Å². The molecule has 2 N–H and O–H groups in total. The summed E-state index contributed by atoms with van der Waals surface area (Å²) in [6.45, 7) is 1.72. The zero-order valence-corrected chi connectivity index (χ0v) is 11.5. The molecule has 8 heteroatoms. The number of pyridine rings is 1. The lowest BCUT2D eigenvalue weighted by atomic mass is 10.3. The zero-order chi connectivity index (χ0) is 14.0. The molecule has 0 bridgehead atoms. The fourth-order valence-electron chi connectivity index (χ4n) is 1.35. The topological polar surface area (TPSA) is 96.4 Å². The van der Waals surface area contributed by atoms with E-state index in [0.717, 1.165) is 17.4 Å². The lowest BCUT2D eigenvalue weighted by molar-refractivity contribution is 0.0697. The largest absolute Gasteiger partial charge is 0.478 e. The quantitative estimate of drug-likeness (QED) is 0.899. The van der Waals surface area contributed by atoms with Crippen molar-refractivity contribution in [2.24, 2.45) is 0 Å². The average Bonchev–Trinajstić information content (AvgIpc) is 2.82. The molecule has 0 spiro atoms. The van der Waals surface area contributed by atoms with Gasteiger partial charge in [-0.2, -0.15) is 0 Å². The number of aromatic nitrogens is 1. The molecule has 0 aliphatic rings. The van der Waals surface area contributed by atoms with E-state index < -0.39 is 16.0 Å². The van der Waals surface area contributed by atoms with E-state index in [1.54, 1.807) is 13.0 Å². The molecule has 100 valence electrons. The number of aromatic carboxylic acids is 1. The third-order valence-electron chi connectivity index (χ3n) is 2.35. The van der Waals surface area contributed by atoms with Gasteiger partial charge in [0, 0.05) is 17.8 Å². The van der Waals surface area contributed by atoms with Crippen LogP contribution >= 0.6 is 11.3 Å². The van der Waals surface area contributed by atoms with Crippen molar-refractivity contribution in [2.75, 3.05) is 4.72 Å². The first-order chi connectivity index (χ1) is 8.90. The van der Waals surface area contributed by atoms with Gasteiger partial charge in [-0.25, -0.2) is 13.2 Å². The van der Waals surface area contributed by atoms with E-state index >= 15 is 0 Å². The van der Waals surface area contributed by atoms with Crippen molar-refractivity contribution in [1.82, 2.24) is 4.98 Å². The first kappa shape index (κ1) is 13.5. The minimum Gasteiger partial charge on any atom is -0.478 e. The normalized spacial score (nSPS) is 11.2. The van der Waals surface area contributed by atoms with Crippen molar-refractivity contribution in [2.45, 2.75) is 11.1 Å². The molecule has 0 saturated carbocycles. The van der Waals surface area contributed by atoms with Crippen LogP contribution in [0.3, 0.4) is 0 Å². The number of nitrogens with one attached hydrogen (secondary N) is 1. The van der Waals surface area contributed by atoms with E-state index in [1.165, 1.54) is 17.8 Å². The number of hydrogen-bond donors (Lipinski definition) is 2. The lowest BCUT2D eigenvalue weighted by Gasteiger charge is -2.08. The van der Waals surface area contributed by atoms with Crippen LogP contribution < -0.4 is 4.72 Å². The number of anilines is 1. The maximum Gasteiger partial charge on any atom is 0.336 e. The number of nitrogens with zero attached hydrogens (tertiary/aromatic N) is 1. The lowest BCUT2D eigenvalue weighted by Crippen LogP contribution is -2.12. The van der Waals surface area contributed by atoms with E-state index in [9.17, 15) is 13.2 Å². The summed E-state index contributed by atoms with van der Waals surface area (Å²) in [5.74, 6) is -1.15. The fraction of sp³-hybridized carbons (Fsp3) is 0.0909. The average molecular weight is 298 g/mol. The Labute approximate surface area is 113 Å². The Morgan fingerprint density at radius 1 is 1.47 bits per heavy atom. The zero-order valence-electron chi connectivity index (χ0n) is 9.82. The van der Waals surface area contributed by atoms with Crippen LogP contribution in [0.15, 0.2) is 34.1 Å². The van der Waals surface area contributed by atoms with Crippen molar-refractivity contribution in [3.8, 4) is 0 Å². The molecule has 0 aromatic carbocycles. The van der Waals surface area contributed by atoms with Gasteiger partial charge in [0.2, 0.25) is 0 Å². The number of carboxylic acids is 1. The van der Waals surface area contributed by atoms with Crippen LogP contribution in [0.25, 0.3) is 0 Å². The molecule has 0 aliphatic heterocycles. The predicted octanol–water partition coefficient (Wildman–Crippen LogP) is 1.95. The van der Waals surface area contributed by atoms with Crippen LogP contribution in [0.1, 0.15) is 15.9 Å². The standard InChI is InChI=1S/C11H10N2O4S2/c1-7-5-12-3-2-9(7)13-19(16,17)10-4-8(6-18-10)11(14)15/h2-6H,1H3,(H,12,13)(H,14,15). The maximum atomic E-state index is 12.1. The first-order valence-corrected chi connectivity index (χ1v) is 7.52. The number of hydrogen-bond acceptors (Lipinski definition) is 5. The van der Waals surface area contributed by atoms with Crippen LogP contribution in [-0.2, 0) is 10.0 Å². The summed E-state index contributed by atoms with van der Waals surface area (Å²) in [7, 11) is -3.77. The van der Waals surface area contributed by atoms with Gasteiger partial charge in [0.1, 0.15) is 4.21 Å². The third kappa shape index (κ3) is 2.91. The fourth-order valence-corrected chi connectivity index (χ4v) is 3.64. The van der Waals surface area contributed by atoms with Crippen molar-refractivity contribution in [3.63, 3.8) is 0 Å². The molecule has 2 aromatic heterocycles. The molecule has 0 unspecified atom stereocenters. The van der Waals surface area contributed by atoms with E-state index in [0.29, 0.717) is 11.3 Å². The van der Waals surface area contributed by atoms with Gasteiger partial charge in [0.05, 0.1) is 11.3 Å². The van der Waals surface area contributed by atoms with E-state index in [1.807, 2.05) is 0 Å². The molecule has 2 heterocycles. The summed E-state index contributed by atoms with van der Waals surface area (Å²) in [6.07, 6.45) is 3.01. The van der Waals surface area contributed by atoms with Crippen molar-refractivity contribution in [3.05, 3.63) is 41.0 Å². The minimum absolute atomic E-state index is 0.0406. The second-order valence-electron chi connectivity index (χ2n) is 3.76. The van der Waals surface area contributed by atoms with E-state index in [4.69, 9.17) is 5.11 Å². The number of thiophene rings is 1. The molecule has 0 atom stereocenters. The van der Waals surface area contributed by atoms with Gasteiger partial charge in [0.25, 0.3) is 10.0 Å². The Balaban J connectivity index is 2.32. The van der Waals surface area contributed by atoms with Crippen molar-refractivity contribution >= 4 is 33.0 Å². The summed E-state index contributed by atoms with van der Waals surface area (Å²) < 4.78 is 26.5. The Hall–Kier alpha value is -1.93. The molecule has 6 nitrogen and oxygen atoms in total. The number of carboxylic acid groups (broad SMARTS) is 1. The maximum absolute atomic E-state index is 12.1. The summed E-state index contributed by atoms with van der Waals surface area (Å²) in [6, 6.07) is 2.67. The van der Waals surface area contributed by atoms with E-state index in [-0.39, 0.29) is 9.77 Å². The second-order valence-corrected chi connectivity index (χ2v) is 6.58. The summed E-state index contributed by atoms with van der Waals surface area (Å²) in [5, 5.41) is 10.1. The molecule has 0 radical (unpaired) electrons. The molecular formula is C11H10N2O4S2. The minimum atomic E-state index is -3.77. The highest BCUT2D eigenvalue weighted by atomic mass is 32.2. The molecule has 0 saturated heterocycles. The highest BCUT2D eigenvalue weighted by Gasteiger charge is 2.19. The first-order valence-electron chi connectivity index (χ1n) is 5.15. The second kappa shape index (κ2) is 4.98.